The Morgan fingerprint density at radius 1 is 1.43 bits per heavy atom. The first-order valence-corrected chi connectivity index (χ1v) is 7.41. The molecule has 0 fully saturated rings. The van der Waals surface area contributed by atoms with Gasteiger partial charge in [-0.05, 0) is 34.1 Å². The number of hydrogen-bond acceptors (Lipinski definition) is 6. The first-order chi connectivity index (χ1) is 10.2. The van der Waals surface area contributed by atoms with Gasteiger partial charge in [-0.25, -0.2) is 4.98 Å². The lowest BCUT2D eigenvalue weighted by Crippen LogP contribution is -1.89. The van der Waals surface area contributed by atoms with E-state index in [0.717, 1.165) is 21.5 Å². The Hall–Kier alpha value is -2.35. The van der Waals surface area contributed by atoms with Gasteiger partial charge in [0.2, 0.25) is 0 Å². The molecule has 0 aliphatic carbocycles. The molecule has 2 rings (SSSR count). The van der Waals surface area contributed by atoms with E-state index in [4.69, 9.17) is 15.3 Å². The smallest absolute Gasteiger partial charge is 0.187 e. The van der Waals surface area contributed by atoms with Crippen molar-refractivity contribution in [2.45, 2.75) is 0 Å². The van der Waals surface area contributed by atoms with E-state index in [0.29, 0.717) is 5.13 Å². The van der Waals surface area contributed by atoms with Crippen molar-refractivity contribution >= 4 is 32.4 Å². The molecule has 1 aromatic carbocycles. The lowest BCUT2D eigenvalue weighted by molar-refractivity contribution is 0.412. The van der Waals surface area contributed by atoms with E-state index in [1.807, 2.05) is 23.6 Å². The second-order valence-corrected chi connectivity index (χ2v) is 5.53. The van der Waals surface area contributed by atoms with Crippen molar-refractivity contribution in [2.24, 2.45) is 0 Å². The summed E-state index contributed by atoms with van der Waals surface area (Å²) in [6.07, 6.45) is 1.34. The minimum absolute atomic E-state index is 0.000980. The number of anilines is 1. The third-order valence-electron chi connectivity index (χ3n) is 2.53. The predicted octanol–water partition coefficient (Wildman–Crippen LogP) is 3.92. The molecule has 0 radical (unpaired) electrons. The molecule has 0 aliphatic heterocycles. The van der Waals surface area contributed by atoms with Crippen LogP contribution in [-0.2, 0) is 0 Å². The summed E-state index contributed by atoms with van der Waals surface area (Å²) >= 11 is 4.82. The second-order valence-electron chi connectivity index (χ2n) is 3.81. The van der Waals surface area contributed by atoms with E-state index >= 15 is 0 Å². The van der Waals surface area contributed by atoms with Crippen molar-refractivity contribution in [3.05, 3.63) is 39.8 Å². The largest absolute Gasteiger partial charge is 0.496 e. The maximum Gasteiger partial charge on any atom is 0.187 e. The van der Waals surface area contributed by atoms with Gasteiger partial charge in [0.1, 0.15) is 23.5 Å². The van der Waals surface area contributed by atoms with E-state index in [-0.39, 0.29) is 5.57 Å². The molecule has 0 amide bonds. The van der Waals surface area contributed by atoms with Crippen LogP contribution in [0.25, 0.3) is 11.3 Å². The first-order valence-electron chi connectivity index (χ1n) is 5.74. The Labute approximate surface area is 134 Å². The number of nitriles is 2. The summed E-state index contributed by atoms with van der Waals surface area (Å²) in [4.78, 5) is 4.40. The normalized spacial score (nSPS) is 9.33. The maximum atomic E-state index is 8.65. The van der Waals surface area contributed by atoms with Crippen LogP contribution in [0.4, 0.5) is 5.13 Å². The highest BCUT2D eigenvalue weighted by atomic mass is 79.9. The van der Waals surface area contributed by atoms with E-state index in [9.17, 15) is 0 Å². The summed E-state index contributed by atoms with van der Waals surface area (Å²) in [5, 5.41) is 22.6. The van der Waals surface area contributed by atoms with Crippen LogP contribution in [0.1, 0.15) is 0 Å². The van der Waals surface area contributed by atoms with Crippen molar-refractivity contribution in [1.82, 2.24) is 4.98 Å². The molecule has 0 atom stereocenters. The maximum absolute atomic E-state index is 8.65. The summed E-state index contributed by atoms with van der Waals surface area (Å²) in [5.41, 5.74) is 1.74. The van der Waals surface area contributed by atoms with Crippen molar-refractivity contribution in [2.75, 3.05) is 12.4 Å². The average molecular weight is 361 g/mol. The Balaban J connectivity index is 2.21. The molecule has 0 saturated heterocycles. The van der Waals surface area contributed by atoms with E-state index in [2.05, 4.69) is 26.2 Å². The minimum Gasteiger partial charge on any atom is -0.496 e. The third kappa shape index (κ3) is 3.60. The molecule has 5 nitrogen and oxygen atoms in total. The number of ether oxygens (including phenoxy) is 1. The fourth-order valence-corrected chi connectivity index (χ4v) is 2.75. The second kappa shape index (κ2) is 6.89. The topological polar surface area (TPSA) is 81.7 Å². The average Bonchev–Trinajstić information content (AvgIpc) is 2.97. The van der Waals surface area contributed by atoms with E-state index < -0.39 is 0 Å². The van der Waals surface area contributed by atoms with Gasteiger partial charge in [-0.15, -0.1) is 11.3 Å². The highest BCUT2D eigenvalue weighted by molar-refractivity contribution is 9.10. The molecule has 0 saturated carbocycles. The molecule has 104 valence electrons. The highest BCUT2D eigenvalue weighted by Crippen LogP contribution is 2.31. The molecule has 0 aliphatic rings. The van der Waals surface area contributed by atoms with Gasteiger partial charge < -0.3 is 10.1 Å². The zero-order chi connectivity index (χ0) is 15.2. The highest BCUT2D eigenvalue weighted by Gasteiger charge is 2.07. The molecule has 1 heterocycles. The van der Waals surface area contributed by atoms with Gasteiger partial charge in [0.25, 0.3) is 0 Å². The number of methoxy groups -OCH3 is 1. The van der Waals surface area contributed by atoms with Crippen LogP contribution in [-0.4, -0.2) is 12.1 Å². The quantitative estimate of drug-likeness (QED) is 0.835. The Bertz CT molecular complexity index is 754. The Morgan fingerprint density at radius 2 is 2.19 bits per heavy atom. The van der Waals surface area contributed by atoms with Gasteiger partial charge in [-0.3, -0.25) is 0 Å². The van der Waals surface area contributed by atoms with Crippen LogP contribution in [0, 0.1) is 22.7 Å². The number of allylic oxidation sites excluding steroid dienone is 1. The summed E-state index contributed by atoms with van der Waals surface area (Å²) < 4.78 is 6.03. The Kier molecular flexibility index (Phi) is 4.94. The summed E-state index contributed by atoms with van der Waals surface area (Å²) in [7, 11) is 1.61. The van der Waals surface area contributed by atoms with E-state index in [1.54, 1.807) is 19.2 Å². The molecule has 0 bridgehead atoms. The molecule has 1 N–H and O–H groups in total. The molecule has 0 spiro atoms. The monoisotopic (exact) mass is 360 g/mol. The fraction of sp³-hybridized carbons (Fsp3) is 0.0714. The van der Waals surface area contributed by atoms with Crippen molar-refractivity contribution in [3.63, 3.8) is 0 Å². The summed E-state index contributed by atoms with van der Waals surface area (Å²) in [6.45, 7) is 0. The van der Waals surface area contributed by atoms with Crippen molar-refractivity contribution in [3.8, 4) is 29.1 Å². The van der Waals surface area contributed by atoms with E-state index in [1.165, 1.54) is 17.5 Å². The summed E-state index contributed by atoms with van der Waals surface area (Å²) in [6, 6.07) is 9.24. The first kappa shape index (κ1) is 15.0. The number of nitrogens with zero attached hydrogens (tertiary/aromatic N) is 3. The van der Waals surface area contributed by atoms with Gasteiger partial charge in [0, 0.05) is 17.1 Å². The SMILES string of the molecule is COc1ccc(-c2csc(NC=C(C#N)C#N)n2)cc1Br. The number of halogens is 1. The number of rotatable bonds is 4. The number of thiazole rings is 1. The van der Waals surface area contributed by atoms with Crippen LogP contribution in [0.5, 0.6) is 5.75 Å². The fourth-order valence-electron chi connectivity index (χ4n) is 1.52. The number of benzene rings is 1. The molecule has 0 unspecified atom stereocenters. The number of aromatic nitrogens is 1. The zero-order valence-corrected chi connectivity index (χ0v) is 13.3. The summed E-state index contributed by atoms with van der Waals surface area (Å²) in [5.74, 6) is 0.753. The number of nitrogens with one attached hydrogen (secondary N) is 1. The zero-order valence-electron chi connectivity index (χ0n) is 10.9. The van der Waals surface area contributed by atoms with Gasteiger partial charge in [0.15, 0.2) is 5.13 Å². The van der Waals surface area contributed by atoms with Crippen LogP contribution in [0.3, 0.4) is 0 Å². The van der Waals surface area contributed by atoms with Gasteiger partial charge >= 0.3 is 0 Å². The third-order valence-corrected chi connectivity index (χ3v) is 3.93. The molecular weight excluding hydrogens is 352 g/mol. The molecular formula is C14H9BrN4OS. The minimum atomic E-state index is -0.000980. The van der Waals surface area contributed by atoms with Crippen LogP contribution >= 0.6 is 27.3 Å². The number of hydrogen-bond donors (Lipinski definition) is 1. The standard InChI is InChI=1S/C14H9BrN4OS/c1-20-13-3-2-10(4-11(13)15)12-8-21-14(19-12)18-7-9(5-16)6-17/h2-4,7-8H,1H3,(H,18,19). The van der Waals surface area contributed by atoms with Crippen molar-refractivity contribution in [1.29, 1.82) is 10.5 Å². The van der Waals surface area contributed by atoms with Crippen molar-refractivity contribution < 1.29 is 4.74 Å². The van der Waals surface area contributed by atoms with Gasteiger partial charge in [-0.2, -0.15) is 10.5 Å². The van der Waals surface area contributed by atoms with Crippen LogP contribution in [0.15, 0.2) is 39.8 Å². The molecule has 2 aromatic rings. The van der Waals surface area contributed by atoms with Gasteiger partial charge in [0.05, 0.1) is 17.3 Å². The van der Waals surface area contributed by atoms with Crippen LogP contribution in [0.2, 0.25) is 0 Å². The van der Waals surface area contributed by atoms with Crippen LogP contribution < -0.4 is 10.1 Å². The lowest BCUT2D eigenvalue weighted by atomic mass is 10.2. The Morgan fingerprint density at radius 3 is 2.81 bits per heavy atom. The lowest BCUT2D eigenvalue weighted by Gasteiger charge is -2.04. The molecule has 1 aromatic heterocycles. The molecule has 21 heavy (non-hydrogen) atoms. The van der Waals surface area contributed by atoms with Gasteiger partial charge in [-0.1, -0.05) is 0 Å². The molecule has 7 heteroatoms. The predicted molar refractivity (Wildman–Crippen MR) is 84.7 cm³/mol.